The quantitative estimate of drug-likeness (QED) is 0.787. The van der Waals surface area contributed by atoms with Crippen LogP contribution in [0.4, 0.5) is 0 Å². The molecule has 1 aliphatic carbocycles. The summed E-state index contributed by atoms with van der Waals surface area (Å²) in [6, 6.07) is 4.66. The molecule has 0 amide bonds. The molecule has 1 aromatic heterocycles. The summed E-state index contributed by atoms with van der Waals surface area (Å²) in [6.45, 7) is 2.84. The molecule has 3 nitrogen and oxygen atoms in total. The van der Waals surface area contributed by atoms with Crippen LogP contribution in [0.1, 0.15) is 24.2 Å². The van der Waals surface area contributed by atoms with Crippen molar-refractivity contribution >= 4 is 0 Å². The molecule has 3 heteroatoms. The molecule has 1 N–H and O–H groups in total. The minimum atomic E-state index is 0.725. The highest BCUT2D eigenvalue weighted by Crippen LogP contribution is 2.20. The fourth-order valence-electron chi connectivity index (χ4n) is 1.45. The average Bonchev–Trinajstić information content (AvgIpc) is 2.97. The van der Waals surface area contributed by atoms with Gasteiger partial charge in [-0.1, -0.05) is 0 Å². The normalized spacial score (nSPS) is 15.6. The summed E-state index contributed by atoms with van der Waals surface area (Å²) in [7, 11) is 1.69. The maximum atomic E-state index is 5.19. The van der Waals surface area contributed by atoms with Crippen LogP contribution in [0.15, 0.2) is 12.1 Å². The summed E-state index contributed by atoms with van der Waals surface area (Å²) < 4.78 is 5.19. The number of rotatable bonds is 4. The third-order valence-corrected chi connectivity index (χ3v) is 2.36. The van der Waals surface area contributed by atoms with E-state index in [1.165, 1.54) is 12.8 Å². The van der Waals surface area contributed by atoms with E-state index in [4.69, 9.17) is 4.74 Å². The Hall–Kier alpha value is -1.09. The molecule has 1 fully saturated rings. The summed E-state index contributed by atoms with van der Waals surface area (Å²) in [5, 5.41) is 3.43. The van der Waals surface area contributed by atoms with Gasteiger partial charge in [0.2, 0.25) is 0 Å². The van der Waals surface area contributed by atoms with Crippen molar-refractivity contribution in [2.45, 2.75) is 32.4 Å². The average molecular weight is 192 g/mol. The molecule has 1 aliphatic rings. The molecule has 76 valence electrons. The van der Waals surface area contributed by atoms with Gasteiger partial charge in [0.1, 0.15) is 5.75 Å². The van der Waals surface area contributed by atoms with Crippen LogP contribution in [0.25, 0.3) is 0 Å². The zero-order valence-electron chi connectivity index (χ0n) is 8.71. The van der Waals surface area contributed by atoms with E-state index in [1.54, 1.807) is 7.11 Å². The predicted octanol–water partition coefficient (Wildman–Crippen LogP) is 1.65. The van der Waals surface area contributed by atoms with E-state index < -0.39 is 0 Å². The molecule has 0 aliphatic heterocycles. The molecule has 0 saturated heterocycles. The fourth-order valence-corrected chi connectivity index (χ4v) is 1.45. The van der Waals surface area contributed by atoms with Gasteiger partial charge in [-0.05, 0) is 19.8 Å². The summed E-state index contributed by atoms with van der Waals surface area (Å²) in [6.07, 6.45) is 2.62. The molecule has 2 rings (SSSR count). The smallest absolute Gasteiger partial charge is 0.122 e. The molecule has 0 bridgehead atoms. The standard InChI is InChI=1S/C11H16N2O/c1-8-5-11(14-2)6-10(13-8)7-12-9-3-4-9/h5-6,9,12H,3-4,7H2,1-2H3. The second-order valence-corrected chi connectivity index (χ2v) is 3.79. The Kier molecular flexibility index (Phi) is 2.68. The van der Waals surface area contributed by atoms with Gasteiger partial charge >= 0.3 is 0 Å². The lowest BCUT2D eigenvalue weighted by atomic mass is 10.3. The number of methoxy groups -OCH3 is 1. The Bertz CT molecular complexity index is 321. The van der Waals surface area contributed by atoms with E-state index in [-0.39, 0.29) is 0 Å². The number of nitrogens with one attached hydrogen (secondary N) is 1. The first-order valence-electron chi connectivity index (χ1n) is 5.03. The van der Waals surface area contributed by atoms with Crippen molar-refractivity contribution in [2.75, 3.05) is 7.11 Å². The van der Waals surface area contributed by atoms with E-state index in [9.17, 15) is 0 Å². The highest BCUT2D eigenvalue weighted by molar-refractivity contribution is 5.26. The third kappa shape index (κ3) is 2.45. The van der Waals surface area contributed by atoms with Crippen LogP contribution in [0, 0.1) is 6.92 Å². The molecule has 14 heavy (non-hydrogen) atoms. The summed E-state index contributed by atoms with van der Waals surface area (Å²) in [5.74, 6) is 0.894. The summed E-state index contributed by atoms with van der Waals surface area (Å²) in [5.41, 5.74) is 2.07. The monoisotopic (exact) mass is 192 g/mol. The molecule has 0 aromatic carbocycles. The van der Waals surface area contributed by atoms with Gasteiger partial charge in [0, 0.05) is 30.4 Å². The lowest BCUT2D eigenvalue weighted by Gasteiger charge is -2.06. The zero-order chi connectivity index (χ0) is 9.97. The lowest BCUT2D eigenvalue weighted by Crippen LogP contribution is -2.16. The SMILES string of the molecule is COc1cc(C)nc(CNC2CC2)c1. The van der Waals surface area contributed by atoms with E-state index >= 15 is 0 Å². The second kappa shape index (κ2) is 3.96. The van der Waals surface area contributed by atoms with E-state index in [2.05, 4.69) is 10.3 Å². The van der Waals surface area contributed by atoms with Crippen molar-refractivity contribution in [1.29, 1.82) is 0 Å². The third-order valence-electron chi connectivity index (χ3n) is 2.36. The maximum Gasteiger partial charge on any atom is 0.122 e. The first-order valence-corrected chi connectivity index (χ1v) is 5.03. The van der Waals surface area contributed by atoms with Gasteiger partial charge in [0.25, 0.3) is 0 Å². The first-order chi connectivity index (χ1) is 6.78. The minimum absolute atomic E-state index is 0.725. The molecule has 1 heterocycles. The second-order valence-electron chi connectivity index (χ2n) is 3.79. The van der Waals surface area contributed by atoms with Crippen molar-refractivity contribution in [3.8, 4) is 5.75 Å². The molecule has 0 radical (unpaired) electrons. The van der Waals surface area contributed by atoms with Crippen molar-refractivity contribution < 1.29 is 4.74 Å². The Morgan fingerprint density at radius 3 is 2.93 bits per heavy atom. The zero-order valence-corrected chi connectivity index (χ0v) is 8.71. The predicted molar refractivity (Wildman–Crippen MR) is 55.4 cm³/mol. The van der Waals surface area contributed by atoms with E-state index in [0.29, 0.717) is 0 Å². The number of aryl methyl sites for hydroxylation is 1. The van der Waals surface area contributed by atoms with Crippen molar-refractivity contribution in [3.63, 3.8) is 0 Å². The molecule has 0 unspecified atom stereocenters. The van der Waals surface area contributed by atoms with Crippen LogP contribution < -0.4 is 10.1 Å². The van der Waals surface area contributed by atoms with E-state index in [0.717, 1.165) is 29.7 Å². The van der Waals surface area contributed by atoms with Gasteiger partial charge in [-0.3, -0.25) is 4.98 Å². The van der Waals surface area contributed by atoms with Gasteiger partial charge < -0.3 is 10.1 Å². The maximum absolute atomic E-state index is 5.19. The van der Waals surface area contributed by atoms with Crippen LogP contribution in [0.3, 0.4) is 0 Å². The minimum Gasteiger partial charge on any atom is -0.497 e. The molecular formula is C11H16N2O. The van der Waals surface area contributed by atoms with E-state index in [1.807, 2.05) is 19.1 Å². The Labute approximate surface area is 84.5 Å². The Morgan fingerprint density at radius 1 is 1.50 bits per heavy atom. The number of pyridine rings is 1. The van der Waals surface area contributed by atoms with Crippen LogP contribution in [-0.2, 0) is 6.54 Å². The fraction of sp³-hybridized carbons (Fsp3) is 0.545. The number of nitrogens with zero attached hydrogens (tertiary/aromatic N) is 1. The highest BCUT2D eigenvalue weighted by atomic mass is 16.5. The van der Waals surface area contributed by atoms with Crippen LogP contribution in [0.5, 0.6) is 5.75 Å². The number of hydrogen-bond acceptors (Lipinski definition) is 3. The van der Waals surface area contributed by atoms with Crippen LogP contribution >= 0.6 is 0 Å². The summed E-state index contributed by atoms with van der Waals surface area (Å²) >= 11 is 0. The summed E-state index contributed by atoms with van der Waals surface area (Å²) in [4.78, 5) is 4.44. The molecular weight excluding hydrogens is 176 g/mol. The van der Waals surface area contributed by atoms with Gasteiger partial charge in [0.05, 0.1) is 12.8 Å². The van der Waals surface area contributed by atoms with Crippen molar-refractivity contribution in [1.82, 2.24) is 10.3 Å². The number of hydrogen-bond donors (Lipinski definition) is 1. The molecule has 0 atom stereocenters. The number of aromatic nitrogens is 1. The Morgan fingerprint density at radius 2 is 2.29 bits per heavy atom. The lowest BCUT2D eigenvalue weighted by molar-refractivity contribution is 0.412. The molecule has 1 saturated carbocycles. The van der Waals surface area contributed by atoms with Gasteiger partial charge in [-0.25, -0.2) is 0 Å². The van der Waals surface area contributed by atoms with Gasteiger partial charge in [-0.2, -0.15) is 0 Å². The highest BCUT2D eigenvalue weighted by Gasteiger charge is 2.20. The molecule has 0 spiro atoms. The van der Waals surface area contributed by atoms with Crippen LogP contribution in [-0.4, -0.2) is 18.1 Å². The Balaban J connectivity index is 2.03. The largest absolute Gasteiger partial charge is 0.497 e. The number of ether oxygens (including phenoxy) is 1. The van der Waals surface area contributed by atoms with Gasteiger partial charge in [-0.15, -0.1) is 0 Å². The topological polar surface area (TPSA) is 34.1 Å². The van der Waals surface area contributed by atoms with Gasteiger partial charge in [0.15, 0.2) is 0 Å². The van der Waals surface area contributed by atoms with Crippen molar-refractivity contribution in [3.05, 3.63) is 23.5 Å². The van der Waals surface area contributed by atoms with Crippen molar-refractivity contribution in [2.24, 2.45) is 0 Å². The van der Waals surface area contributed by atoms with Crippen LogP contribution in [0.2, 0.25) is 0 Å². The molecule has 1 aromatic rings. The first kappa shape index (κ1) is 9.46.